The Labute approximate surface area is 105 Å². The molecule has 0 radical (unpaired) electrons. The van der Waals surface area contributed by atoms with E-state index < -0.39 is 0 Å². The fraction of sp³-hybridized carbons (Fsp3) is 0.333. The van der Waals surface area contributed by atoms with Gasteiger partial charge in [0.25, 0.3) is 0 Å². The quantitative estimate of drug-likeness (QED) is 0.758. The molecule has 3 nitrogen and oxygen atoms in total. The zero-order chi connectivity index (χ0) is 12.7. The smallest absolute Gasteiger partial charge is 0.179 e. The molecule has 0 N–H and O–H groups in total. The molecule has 2 aromatic rings. The van der Waals surface area contributed by atoms with Gasteiger partial charge in [-0.05, 0) is 43.5 Å². The van der Waals surface area contributed by atoms with Gasteiger partial charge < -0.3 is 4.57 Å². The minimum Gasteiger partial charge on any atom is -0.338 e. The number of benzene rings is 1. The molecule has 0 atom stereocenters. The summed E-state index contributed by atoms with van der Waals surface area (Å²) in [7, 11) is 0. The van der Waals surface area contributed by atoms with E-state index in [1.165, 1.54) is 0 Å². The first-order valence-electron chi connectivity index (χ1n) is 6.39. The molecule has 1 aromatic heterocycles. The van der Waals surface area contributed by atoms with Crippen LogP contribution in [0, 0.1) is 0 Å². The van der Waals surface area contributed by atoms with Crippen LogP contribution < -0.4 is 0 Å². The third kappa shape index (κ3) is 1.43. The van der Waals surface area contributed by atoms with E-state index in [1.807, 2.05) is 18.2 Å². The van der Waals surface area contributed by atoms with E-state index in [-0.39, 0.29) is 5.78 Å². The average molecular weight is 241 g/mol. The lowest BCUT2D eigenvalue weighted by atomic mass is 9.94. The van der Waals surface area contributed by atoms with E-state index in [1.54, 1.807) is 0 Å². The van der Waals surface area contributed by atoms with Gasteiger partial charge in [0, 0.05) is 29.4 Å². The van der Waals surface area contributed by atoms with Crippen molar-refractivity contribution in [2.24, 2.45) is 0 Å². The van der Waals surface area contributed by atoms with Crippen molar-refractivity contribution in [3.05, 3.63) is 35.0 Å². The van der Waals surface area contributed by atoms with Crippen LogP contribution in [0.4, 0.5) is 0 Å². The first-order chi connectivity index (χ1) is 8.76. The van der Waals surface area contributed by atoms with Gasteiger partial charge in [0.2, 0.25) is 0 Å². The number of hydrogen-bond donors (Lipinski definition) is 0. The normalized spacial score (nSPS) is 14.8. The first-order valence-corrected chi connectivity index (χ1v) is 6.39. The molecule has 1 aliphatic rings. The van der Waals surface area contributed by atoms with E-state index >= 15 is 0 Å². The van der Waals surface area contributed by atoms with Crippen molar-refractivity contribution in [2.45, 2.75) is 32.7 Å². The van der Waals surface area contributed by atoms with Crippen LogP contribution in [0.15, 0.2) is 18.2 Å². The maximum absolute atomic E-state index is 12.1. The standard InChI is InChI=1S/C15H15NO2/c1-2-16-13-7-6-10(9-17)8-12(13)11-4-3-5-14(18)15(11)16/h6-9H,2-5H2,1H3. The average Bonchev–Trinajstić information content (AvgIpc) is 2.73. The molecule has 1 heterocycles. The van der Waals surface area contributed by atoms with E-state index in [4.69, 9.17) is 0 Å². The molecule has 18 heavy (non-hydrogen) atoms. The molecule has 0 unspecified atom stereocenters. The number of carbonyl (C=O) groups excluding carboxylic acids is 2. The number of Topliss-reactive ketones (excluding diaryl/α,β-unsaturated/α-hetero) is 1. The number of hydrogen-bond acceptors (Lipinski definition) is 2. The molecule has 1 aliphatic carbocycles. The largest absolute Gasteiger partial charge is 0.338 e. The second-order valence-corrected chi connectivity index (χ2v) is 4.74. The van der Waals surface area contributed by atoms with Crippen molar-refractivity contribution in [3.8, 4) is 0 Å². The van der Waals surface area contributed by atoms with E-state index in [2.05, 4.69) is 11.5 Å². The van der Waals surface area contributed by atoms with Crippen molar-refractivity contribution in [1.82, 2.24) is 4.57 Å². The number of rotatable bonds is 2. The Bertz CT molecular complexity index is 652. The summed E-state index contributed by atoms with van der Waals surface area (Å²) < 4.78 is 2.08. The molecule has 3 rings (SSSR count). The molecule has 1 aromatic carbocycles. The van der Waals surface area contributed by atoms with Gasteiger partial charge in [-0.2, -0.15) is 0 Å². The van der Waals surface area contributed by atoms with E-state index in [9.17, 15) is 9.59 Å². The van der Waals surface area contributed by atoms with Gasteiger partial charge in [-0.1, -0.05) is 0 Å². The van der Waals surface area contributed by atoms with Crippen LogP contribution in [0.25, 0.3) is 10.9 Å². The summed E-state index contributed by atoms with van der Waals surface area (Å²) in [6, 6.07) is 5.68. The van der Waals surface area contributed by atoms with Crippen molar-refractivity contribution >= 4 is 23.0 Å². The summed E-state index contributed by atoms with van der Waals surface area (Å²) in [5, 5.41) is 1.07. The Balaban J connectivity index is 2.40. The Morgan fingerprint density at radius 3 is 2.89 bits per heavy atom. The monoisotopic (exact) mass is 241 g/mol. The number of aryl methyl sites for hydroxylation is 2. The molecule has 0 amide bonds. The Hall–Kier alpha value is -1.90. The van der Waals surface area contributed by atoms with E-state index in [0.717, 1.165) is 47.8 Å². The highest BCUT2D eigenvalue weighted by molar-refractivity contribution is 6.04. The van der Waals surface area contributed by atoms with Gasteiger partial charge in [0.15, 0.2) is 5.78 Å². The minimum atomic E-state index is 0.238. The zero-order valence-corrected chi connectivity index (χ0v) is 10.4. The summed E-state index contributed by atoms with van der Waals surface area (Å²) in [4.78, 5) is 23.0. The highest BCUT2D eigenvalue weighted by Crippen LogP contribution is 2.32. The van der Waals surface area contributed by atoms with Crippen molar-refractivity contribution in [1.29, 1.82) is 0 Å². The molecule has 92 valence electrons. The Morgan fingerprint density at radius 2 is 2.17 bits per heavy atom. The SMILES string of the molecule is CCn1c2c(c3cc(C=O)ccc31)CCCC2=O. The fourth-order valence-electron chi connectivity index (χ4n) is 2.96. The van der Waals surface area contributed by atoms with Gasteiger partial charge >= 0.3 is 0 Å². The lowest BCUT2D eigenvalue weighted by Crippen LogP contribution is -2.14. The number of nitrogens with zero attached hydrogens (tertiary/aromatic N) is 1. The zero-order valence-electron chi connectivity index (χ0n) is 10.4. The van der Waals surface area contributed by atoms with Crippen molar-refractivity contribution < 1.29 is 9.59 Å². The number of aldehydes is 1. The third-order valence-electron chi connectivity index (χ3n) is 3.74. The number of fused-ring (bicyclic) bond motifs is 3. The van der Waals surface area contributed by atoms with Gasteiger partial charge in [-0.25, -0.2) is 0 Å². The Kier molecular flexibility index (Phi) is 2.54. The molecule has 0 fully saturated rings. The number of carbonyl (C=O) groups is 2. The van der Waals surface area contributed by atoms with Crippen LogP contribution in [0.3, 0.4) is 0 Å². The maximum atomic E-state index is 12.1. The van der Waals surface area contributed by atoms with Crippen LogP contribution >= 0.6 is 0 Å². The van der Waals surface area contributed by atoms with Crippen LogP contribution in [-0.4, -0.2) is 16.6 Å². The minimum absolute atomic E-state index is 0.238. The molecule has 0 spiro atoms. The highest BCUT2D eigenvalue weighted by atomic mass is 16.1. The van der Waals surface area contributed by atoms with Crippen LogP contribution in [0.1, 0.15) is 46.2 Å². The van der Waals surface area contributed by atoms with Crippen LogP contribution in [0.2, 0.25) is 0 Å². The first kappa shape index (κ1) is 11.2. The van der Waals surface area contributed by atoms with Crippen molar-refractivity contribution in [3.63, 3.8) is 0 Å². The lowest BCUT2D eigenvalue weighted by molar-refractivity contribution is 0.0963. The number of ketones is 1. The van der Waals surface area contributed by atoms with E-state index in [0.29, 0.717) is 12.0 Å². The fourth-order valence-corrected chi connectivity index (χ4v) is 2.96. The van der Waals surface area contributed by atoms with Gasteiger partial charge in [0.1, 0.15) is 6.29 Å². The second kappa shape index (κ2) is 4.09. The highest BCUT2D eigenvalue weighted by Gasteiger charge is 2.25. The summed E-state index contributed by atoms with van der Waals surface area (Å²) in [6.45, 7) is 2.84. The summed E-state index contributed by atoms with van der Waals surface area (Å²) >= 11 is 0. The molecule has 0 saturated heterocycles. The maximum Gasteiger partial charge on any atom is 0.179 e. The number of aromatic nitrogens is 1. The topological polar surface area (TPSA) is 39.1 Å². The second-order valence-electron chi connectivity index (χ2n) is 4.74. The molecular formula is C15H15NO2. The lowest BCUT2D eigenvalue weighted by Gasteiger charge is -2.13. The van der Waals surface area contributed by atoms with Gasteiger partial charge in [-0.3, -0.25) is 9.59 Å². The van der Waals surface area contributed by atoms with Crippen molar-refractivity contribution in [2.75, 3.05) is 0 Å². The summed E-state index contributed by atoms with van der Waals surface area (Å²) in [5.74, 6) is 0.238. The predicted octanol–water partition coefficient (Wildman–Crippen LogP) is 2.99. The molecule has 0 saturated carbocycles. The third-order valence-corrected chi connectivity index (χ3v) is 3.74. The molecular weight excluding hydrogens is 226 g/mol. The predicted molar refractivity (Wildman–Crippen MR) is 70.3 cm³/mol. The Morgan fingerprint density at radius 1 is 1.33 bits per heavy atom. The molecule has 0 aliphatic heterocycles. The molecule has 3 heteroatoms. The summed E-state index contributed by atoms with van der Waals surface area (Å²) in [6.07, 6.45) is 3.36. The van der Waals surface area contributed by atoms with Gasteiger partial charge in [-0.15, -0.1) is 0 Å². The van der Waals surface area contributed by atoms with Gasteiger partial charge in [0.05, 0.1) is 5.69 Å². The van der Waals surface area contributed by atoms with Crippen LogP contribution in [-0.2, 0) is 13.0 Å². The summed E-state index contributed by atoms with van der Waals surface area (Å²) in [5.41, 5.74) is 3.74. The van der Waals surface area contributed by atoms with Crippen LogP contribution in [0.5, 0.6) is 0 Å². The molecule has 0 bridgehead atoms.